The van der Waals surface area contributed by atoms with Gasteiger partial charge in [0.15, 0.2) is 0 Å². The molecule has 0 aliphatic rings. The van der Waals surface area contributed by atoms with Gasteiger partial charge in [0.25, 0.3) is 0 Å². The Morgan fingerprint density at radius 3 is 0.975 bits per heavy atom. The number of carbonyl (C=O) groups is 2. The van der Waals surface area contributed by atoms with Crippen LogP contribution in [0.1, 0.15) is 380 Å². The van der Waals surface area contributed by atoms with Gasteiger partial charge >= 0.3 is 5.97 Å². The minimum atomic E-state index is -0.848. The SMILES string of the molecule is CCCCCCCC/C=C\CCCCCCCC(=O)OCCCCCCCCCCC/C=C\C/C=C\CCCCCCCCCCCCCC(=O)NC(CO)C(O)/C=C/CCCCCCCCCCCCCCCCCCCC. The van der Waals surface area contributed by atoms with Gasteiger partial charge in [0.2, 0.25) is 5.91 Å². The maximum absolute atomic E-state index is 12.5. The quantitative estimate of drug-likeness (QED) is 0.0320. The van der Waals surface area contributed by atoms with E-state index in [-0.39, 0.29) is 18.5 Å². The standard InChI is InChI=1S/C73H137NO5/c1-3-5-7-9-11-13-15-17-19-20-21-31-34-38-41-45-49-53-57-61-65-71(76)70(69-75)74-72(77)66-62-58-54-50-46-42-39-35-32-29-27-25-23-22-24-26-28-30-33-36-40-44-48-52-56-60-64-68-79-73(78)67-63-59-55-51-47-43-37-18-16-14-12-10-8-6-4-2/h18,22-23,26,28,37,61,65,70-71,75-76H,3-17,19-21,24-25,27,29-36,38-60,62-64,66-69H2,1-2H3,(H,74,77)/b23-22-,28-26-,37-18-,65-61+. The van der Waals surface area contributed by atoms with Crippen molar-refractivity contribution in [3.63, 3.8) is 0 Å². The monoisotopic (exact) mass is 1110 g/mol. The van der Waals surface area contributed by atoms with Crippen molar-refractivity contribution in [1.82, 2.24) is 5.32 Å². The third-order valence-corrected chi connectivity index (χ3v) is 16.3. The van der Waals surface area contributed by atoms with E-state index in [4.69, 9.17) is 4.74 Å². The molecule has 0 rings (SSSR count). The molecule has 0 aromatic carbocycles. The van der Waals surface area contributed by atoms with E-state index in [0.29, 0.717) is 19.4 Å². The zero-order valence-electron chi connectivity index (χ0n) is 53.1. The van der Waals surface area contributed by atoms with E-state index < -0.39 is 12.1 Å². The van der Waals surface area contributed by atoms with Crippen molar-refractivity contribution in [2.45, 2.75) is 392 Å². The lowest BCUT2D eigenvalue weighted by Gasteiger charge is -2.20. The summed E-state index contributed by atoms with van der Waals surface area (Å²) in [5.41, 5.74) is 0. The third-order valence-electron chi connectivity index (χ3n) is 16.3. The van der Waals surface area contributed by atoms with E-state index in [1.165, 1.54) is 302 Å². The van der Waals surface area contributed by atoms with Gasteiger partial charge in [-0.15, -0.1) is 0 Å². The average Bonchev–Trinajstić information content (AvgIpc) is 3.45. The number of aliphatic hydroxyl groups is 2. The van der Waals surface area contributed by atoms with E-state index in [1.54, 1.807) is 6.08 Å². The summed E-state index contributed by atoms with van der Waals surface area (Å²) in [4.78, 5) is 24.6. The Labute approximate surface area is 493 Å². The molecule has 79 heavy (non-hydrogen) atoms. The lowest BCUT2D eigenvalue weighted by molar-refractivity contribution is -0.143. The lowest BCUT2D eigenvalue weighted by Crippen LogP contribution is -2.45. The molecule has 0 aliphatic carbocycles. The number of hydrogen-bond donors (Lipinski definition) is 3. The molecular weight excluding hydrogens is 971 g/mol. The number of aliphatic hydroxyl groups excluding tert-OH is 2. The normalized spacial score (nSPS) is 12.8. The second-order valence-electron chi connectivity index (χ2n) is 24.2. The molecule has 6 nitrogen and oxygen atoms in total. The van der Waals surface area contributed by atoms with Gasteiger partial charge in [-0.25, -0.2) is 0 Å². The summed E-state index contributed by atoms with van der Waals surface area (Å²) >= 11 is 0. The number of esters is 1. The number of allylic oxidation sites excluding steroid dienone is 7. The van der Waals surface area contributed by atoms with Crippen molar-refractivity contribution in [3.8, 4) is 0 Å². The maximum Gasteiger partial charge on any atom is 0.305 e. The predicted octanol–water partition coefficient (Wildman–Crippen LogP) is 22.9. The number of carbonyl (C=O) groups excluding carboxylic acids is 2. The number of amides is 1. The van der Waals surface area contributed by atoms with Crippen molar-refractivity contribution >= 4 is 11.9 Å². The van der Waals surface area contributed by atoms with Crippen LogP contribution in [-0.4, -0.2) is 47.4 Å². The highest BCUT2D eigenvalue weighted by Gasteiger charge is 2.18. The summed E-state index contributed by atoms with van der Waals surface area (Å²) in [6.07, 6.45) is 89.0. The Morgan fingerprint density at radius 2 is 0.633 bits per heavy atom. The van der Waals surface area contributed by atoms with Crippen LogP contribution in [-0.2, 0) is 14.3 Å². The van der Waals surface area contributed by atoms with Gasteiger partial charge in [0.05, 0.1) is 25.4 Å². The number of unbranched alkanes of at least 4 members (excludes halogenated alkanes) is 49. The van der Waals surface area contributed by atoms with Gasteiger partial charge in [0, 0.05) is 12.8 Å². The van der Waals surface area contributed by atoms with Gasteiger partial charge in [-0.05, 0) is 89.9 Å². The van der Waals surface area contributed by atoms with Gasteiger partial charge < -0.3 is 20.3 Å². The fourth-order valence-corrected chi connectivity index (χ4v) is 10.9. The molecule has 0 aliphatic heterocycles. The van der Waals surface area contributed by atoms with Crippen LogP contribution in [0.3, 0.4) is 0 Å². The molecule has 2 unspecified atom stereocenters. The first-order valence-corrected chi connectivity index (χ1v) is 35.4. The van der Waals surface area contributed by atoms with Crippen LogP contribution in [0.5, 0.6) is 0 Å². The summed E-state index contributed by atoms with van der Waals surface area (Å²) in [6, 6.07) is -0.632. The topological polar surface area (TPSA) is 95.9 Å². The first kappa shape index (κ1) is 76.8. The molecule has 0 aromatic heterocycles. The summed E-state index contributed by atoms with van der Waals surface area (Å²) < 4.78 is 5.48. The first-order chi connectivity index (χ1) is 39.0. The number of ether oxygens (including phenoxy) is 1. The predicted molar refractivity (Wildman–Crippen MR) is 347 cm³/mol. The zero-order chi connectivity index (χ0) is 57.1. The summed E-state index contributed by atoms with van der Waals surface area (Å²) in [7, 11) is 0. The number of rotatable bonds is 66. The fraction of sp³-hybridized carbons (Fsp3) is 0.863. The molecule has 0 saturated heterocycles. The van der Waals surface area contributed by atoms with Crippen molar-refractivity contribution in [2.75, 3.05) is 13.2 Å². The van der Waals surface area contributed by atoms with Gasteiger partial charge in [-0.3, -0.25) is 9.59 Å². The summed E-state index contributed by atoms with van der Waals surface area (Å²) in [5.74, 6) is -0.0659. The zero-order valence-corrected chi connectivity index (χ0v) is 53.1. The molecule has 0 saturated carbocycles. The molecular formula is C73H137NO5. The minimum Gasteiger partial charge on any atom is -0.466 e. The van der Waals surface area contributed by atoms with Gasteiger partial charge in [-0.1, -0.05) is 326 Å². The molecule has 0 spiro atoms. The second-order valence-corrected chi connectivity index (χ2v) is 24.2. The van der Waals surface area contributed by atoms with Crippen LogP contribution < -0.4 is 5.32 Å². The van der Waals surface area contributed by atoms with Crippen LogP contribution >= 0.6 is 0 Å². The van der Waals surface area contributed by atoms with Crippen molar-refractivity contribution in [1.29, 1.82) is 0 Å². The summed E-state index contributed by atoms with van der Waals surface area (Å²) in [5, 5.41) is 23.2. The van der Waals surface area contributed by atoms with E-state index >= 15 is 0 Å². The molecule has 0 bridgehead atoms. The molecule has 0 heterocycles. The Bertz CT molecular complexity index is 1320. The lowest BCUT2D eigenvalue weighted by atomic mass is 10.0. The molecule has 6 heteroatoms. The first-order valence-electron chi connectivity index (χ1n) is 35.4. The molecule has 464 valence electrons. The molecule has 2 atom stereocenters. The smallest absolute Gasteiger partial charge is 0.305 e. The van der Waals surface area contributed by atoms with Crippen LogP contribution in [0.4, 0.5) is 0 Å². The highest BCUT2D eigenvalue weighted by Crippen LogP contribution is 2.18. The minimum absolute atomic E-state index is 0.00249. The molecule has 0 fully saturated rings. The average molecular weight is 1110 g/mol. The van der Waals surface area contributed by atoms with E-state index in [0.717, 1.165) is 51.4 Å². The Hall–Kier alpha value is -2.18. The summed E-state index contributed by atoms with van der Waals surface area (Å²) in [6.45, 7) is 4.92. The fourth-order valence-electron chi connectivity index (χ4n) is 10.9. The van der Waals surface area contributed by atoms with E-state index in [9.17, 15) is 19.8 Å². The molecule has 0 aromatic rings. The van der Waals surface area contributed by atoms with E-state index in [1.807, 2.05) is 6.08 Å². The van der Waals surface area contributed by atoms with Crippen molar-refractivity contribution in [2.24, 2.45) is 0 Å². The van der Waals surface area contributed by atoms with Gasteiger partial charge in [-0.2, -0.15) is 0 Å². The molecule has 3 N–H and O–H groups in total. The van der Waals surface area contributed by atoms with Gasteiger partial charge in [0.1, 0.15) is 0 Å². The Balaban J connectivity index is 3.45. The van der Waals surface area contributed by atoms with Crippen LogP contribution in [0, 0.1) is 0 Å². The highest BCUT2D eigenvalue weighted by molar-refractivity contribution is 5.76. The Kier molecular flexibility index (Phi) is 66.4. The number of nitrogens with one attached hydrogen (secondary N) is 1. The largest absolute Gasteiger partial charge is 0.466 e. The van der Waals surface area contributed by atoms with Crippen LogP contribution in [0.15, 0.2) is 48.6 Å². The molecule has 0 radical (unpaired) electrons. The van der Waals surface area contributed by atoms with Crippen molar-refractivity contribution < 1.29 is 24.5 Å². The van der Waals surface area contributed by atoms with Crippen LogP contribution in [0.2, 0.25) is 0 Å². The Morgan fingerprint density at radius 1 is 0.354 bits per heavy atom. The molecule has 1 amide bonds. The highest BCUT2D eigenvalue weighted by atomic mass is 16.5. The van der Waals surface area contributed by atoms with E-state index in [2.05, 4.69) is 55.6 Å². The second kappa shape index (κ2) is 68.3. The maximum atomic E-state index is 12.5. The van der Waals surface area contributed by atoms with Crippen LogP contribution in [0.25, 0.3) is 0 Å². The third kappa shape index (κ3) is 64.8. The van der Waals surface area contributed by atoms with Crippen molar-refractivity contribution in [3.05, 3.63) is 48.6 Å². The number of hydrogen-bond acceptors (Lipinski definition) is 5.